The van der Waals surface area contributed by atoms with E-state index in [4.69, 9.17) is 39.9 Å². The Hall–Kier alpha value is -5.45. The maximum atomic E-state index is 4.89. The molecule has 0 saturated heterocycles. The second-order valence-corrected chi connectivity index (χ2v) is 9.29. The molecule has 11 nitrogen and oxygen atoms in total. The molecule has 0 N–H and O–H groups in total. The van der Waals surface area contributed by atoms with Gasteiger partial charge in [-0.05, 0) is 29.0 Å². The summed E-state index contributed by atoms with van der Waals surface area (Å²) in [5, 5.41) is 3.13. The minimum absolute atomic E-state index is 0. The summed E-state index contributed by atoms with van der Waals surface area (Å²) in [6, 6.07) is 13.4. The third kappa shape index (κ3) is 3.48. The monoisotopic (exact) mass is 578 g/mol. The third-order valence-electron chi connectivity index (χ3n) is 7.01. The van der Waals surface area contributed by atoms with E-state index in [0.717, 1.165) is 43.8 Å². The van der Waals surface area contributed by atoms with Crippen molar-refractivity contribution < 1.29 is 17.1 Å². The quantitative estimate of drug-likeness (QED) is 0.237. The van der Waals surface area contributed by atoms with Crippen molar-refractivity contribution in [1.82, 2.24) is 54.8 Å². The Bertz CT molecular complexity index is 2040. The van der Waals surface area contributed by atoms with Crippen molar-refractivity contribution in [1.29, 1.82) is 0 Å². The smallest absolute Gasteiger partial charge is 0.357 e. The Morgan fingerprint density at radius 2 is 0.805 bits per heavy atom. The van der Waals surface area contributed by atoms with Crippen LogP contribution in [0.2, 0.25) is 0 Å². The summed E-state index contributed by atoms with van der Waals surface area (Å²) in [4.78, 5) is 51.7. The molecule has 1 aromatic carbocycles. The van der Waals surface area contributed by atoms with Gasteiger partial charge in [-0.3, -0.25) is 15.0 Å². The van der Waals surface area contributed by atoms with Gasteiger partial charge in [0.2, 0.25) is 0 Å². The molecule has 0 amide bonds. The fourth-order valence-corrected chi connectivity index (χ4v) is 5.14. The third-order valence-corrected chi connectivity index (χ3v) is 7.01. The summed E-state index contributed by atoms with van der Waals surface area (Å²) in [6.07, 6.45) is 10.3. The van der Waals surface area contributed by atoms with E-state index in [1.54, 1.807) is 37.2 Å². The van der Waals surface area contributed by atoms with Crippen LogP contribution >= 0.6 is 0 Å². The predicted molar refractivity (Wildman–Crippen MR) is 147 cm³/mol. The Kier molecular flexibility index (Phi) is 5.02. The van der Waals surface area contributed by atoms with Gasteiger partial charge < -0.3 is 29.9 Å². The number of fused-ring (bicyclic) bond motifs is 20. The summed E-state index contributed by atoms with van der Waals surface area (Å²) in [7, 11) is 0. The molecule has 0 spiro atoms. The summed E-state index contributed by atoms with van der Waals surface area (Å²) in [5.41, 5.74) is 5.15. The van der Waals surface area contributed by atoms with E-state index < -0.39 is 0 Å². The van der Waals surface area contributed by atoms with Crippen molar-refractivity contribution >= 4 is 44.1 Å². The first-order valence-corrected chi connectivity index (χ1v) is 12.4. The molecule has 0 aliphatic carbocycles. The first-order valence-electron chi connectivity index (χ1n) is 12.4. The Morgan fingerprint density at radius 3 is 1.34 bits per heavy atom. The summed E-state index contributed by atoms with van der Waals surface area (Å²) < 4.78 is 0. The molecule has 41 heavy (non-hydrogen) atoms. The molecule has 9 rings (SSSR count). The molecule has 8 bridgehead atoms. The van der Waals surface area contributed by atoms with Gasteiger partial charge in [-0.25, -0.2) is 9.97 Å². The number of hydrogen-bond acceptors (Lipinski definition) is 9. The fraction of sp³-hybridized carbons (Fsp3) is 0. The van der Waals surface area contributed by atoms with E-state index in [1.807, 2.05) is 42.5 Å². The fourth-order valence-electron chi connectivity index (χ4n) is 5.14. The van der Waals surface area contributed by atoms with Crippen molar-refractivity contribution in [3.63, 3.8) is 0 Å². The van der Waals surface area contributed by atoms with Gasteiger partial charge in [0, 0.05) is 92.8 Å². The minimum atomic E-state index is 0. The number of rotatable bonds is 0. The van der Waals surface area contributed by atoms with Crippen molar-refractivity contribution in [2.75, 3.05) is 0 Å². The largest absolute Gasteiger partial charge is 2.00 e. The first-order chi connectivity index (χ1) is 19.8. The Labute approximate surface area is 240 Å². The van der Waals surface area contributed by atoms with Gasteiger partial charge in [0.15, 0.2) is 0 Å². The predicted octanol–water partition coefficient (Wildman–Crippen LogP) is 4.31. The van der Waals surface area contributed by atoms with Crippen molar-refractivity contribution in [2.24, 2.45) is 0 Å². The van der Waals surface area contributed by atoms with E-state index >= 15 is 0 Å². The molecule has 2 aliphatic rings. The van der Waals surface area contributed by atoms with Gasteiger partial charge in [-0.15, -0.1) is 0 Å². The van der Waals surface area contributed by atoms with E-state index in [-0.39, 0.29) is 17.1 Å². The van der Waals surface area contributed by atoms with Gasteiger partial charge >= 0.3 is 17.1 Å². The zero-order chi connectivity index (χ0) is 26.2. The molecule has 12 heteroatoms. The van der Waals surface area contributed by atoms with E-state index in [1.165, 1.54) is 0 Å². The number of benzene rings is 1. The van der Waals surface area contributed by atoms with Gasteiger partial charge in [0.1, 0.15) is 0 Å². The maximum absolute atomic E-state index is 4.89. The second-order valence-electron chi connectivity index (χ2n) is 9.29. The molecule has 7 aromatic rings. The van der Waals surface area contributed by atoms with Gasteiger partial charge in [-0.2, -0.15) is 0 Å². The zero-order valence-electron chi connectivity index (χ0n) is 20.7. The molecule has 0 atom stereocenters. The van der Waals surface area contributed by atoms with Crippen LogP contribution in [-0.4, -0.2) is 44.9 Å². The molecule has 2 aliphatic heterocycles. The summed E-state index contributed by atoms with van der Waals surface area (Å²) in [5.74, 6) is 1.94. The maximum Gasteiger partial charge on any atom is 2.00 e. The molecule has 8 heterocycles. The Balaban J connectivity index is 0.00000256. The SMILES string of the molecule is [Cu+2].c1ccc2c(c1)-c1nc-2nc2[n-]c(nc3nc(nc4[n-]c(n1)c1cnccc41)-c1ccncc1-3)c1ccncc21. The Morgan fingerprint density at radius 1 is 0.390 bits per heavy atom. The van der Waals surface area contributed by atoms with Crippen molar-refractivity contribution in [2.45, 2.75) is 0 Å². The van der Waals surface area contributed by atoms with E-state index in [2.05, 4.69) is 15.0 Å². The van der Waals surface area contributed by atoms with Crippen molar-refractivity contribution in [3.05, 3.63) is 79.6 Å². The van der Waals surface area contributed by atoms with Gasteiger partial charge in [-0.1, -0.05) is 24.3 Å². The average Bonchev–Trinajstić information content (AvgIpc) is 3.73. The number of pyridine rings is 3. The molecule has 0 saturated carbocycles. The molecule has 0 unspecified atom stereocenters. The molecular weight excluding hydrogens is 566 g/mol. The van der Waals surface area contributed by atoms with E-state index in [9.17, 15) is 0 Å². The molecular formula is C29H13CuN11. The van der Waals surface area contributed by atoms with Crippen LogP contribution in [0, 0.1) is 0 Å². The van der Waals surface area contributed by atoms with Crippen LogP contribution in [0.5, 0.6) is 0 Å². The first kappa shape index (κ1) is 23.4. The summed E-state index contributed by atoms with van der Waals surface area (Å²) >= 11 is 0. The topological polar surface area (TPSA) is 144 Å². The van der Waals surface area contributed by atoms with E-state index in [0.29, 0.717) is 45.9 Å². The molecule has 0 fully saturated rings. The van der Waals surface area contributed by atoms with Crippen LogP contribution in [-0.2, 0) is 17.1 Å². The molecule has 1 radical (unpaired) electrons. The van der Waals surface area contributed by atoms with Gasteiger partial charge in [0.25, 0.3) is 0 Å². The molecule has 6 aromatic heterocycles. The number of aromatic nitrogens is 11. The van der Waals surface area contributed by atoms with Crippen LogP contribution < -0.4 is 9.97 Å². The van der Waals surface area contributed by atoms with Crippen LogP contribution in [0.4, 0.5) is 0 Å². The van der Waals surface area contributed by atoms with Gasteiger partial charge in [0.05, 0.1) is 23.3 Å². The second kappa shape index (κ2) is 8.78. The number of hydrogen-bond donors (Lipinski definition) is 0. The van der Waals surface area contributed by atoms with Crippen LogP contribution in [0.3, 0.4) is 0 Å². The normalized spacial score (nSPS) is 11.7. The number of nitrogens with zero attached hydrogens (tertiary/aromatic N) is 11. The average molecular weight is 579 g/mol. The zero-order valence-corrected chi connectivity index (χ0v) is 21.7. The van der Waals surface area contributed by atoms with Crippen LogP contribution in [0.25, 0.3) is 89.7 Å². The molecule has 195 valence electrons. The van der Waals surface area contributed by atoms with Crippen LogP contribution in [0.1, 0.15) is 0 Å². The summed E-state index contributed by atoms with van der Waals surface area (Å²) in [6.45, 7) is 0. The van der Waals surface area contributed by atoms with Crippen molar-refractivity contribution in [3.8, 4) is 45.6 Å². The minimum Gasteiger partial charge on any atom is -0.357 e. The standard InChI is InChI=1S/C29H13N11.Cu/c1-2-4-15-14(3-1)22-33-23(15)36-28-21-13-32-10-7-18(21)26(39-28)40-29-20-12-31-9-6-17(20)25(38-29)34-24-16-5-8-30-11-19(16)27(35-22)37-24;/h1-13H;/q-2;+2. The van der Waals surface area contributed by atoms with Crippen LogP contribution in [0.15, 0.2) is 79.6 Å².